The predicted molar refractivity (Wildman–Crippen MR) is 137 cm³/mol. The number of carbonyl (C=O) groups is 3. The van der Waals surface area contributed by atoms with Crippen molar-refractivity contribution in [3.8, 4) is 11.1 Å². The van der Waals surface area contributed by atoms with Gasteiger partial charge in [0.2, 0.25) is 0 Å². The minimum Gasteiger partial charge on any atom is -0.481 e. The minimum atomic E-state index is -0.912. The van der Waals surface area contributed by atoms with Gasteiger partial charge in [0.05, 0.1) is 5.56 Å². The van der Waals surface area contributed by atoms with E-state index in [1.807, 2.05) is 31.2 Å². The molecule has 1 aliphatic carbocycles. The van der Waals surface area contributed by atoms with Crippen molar-refractivity contribution in [1.82, 2.24) is 5.32 Å². The van der Waals surface area contributed by atoms with Gasteiger partial charge < -0.3 is 15.2 Å². The van der Waals surface area contributed by atoms with Gasteiger partial charge in [0.15, 0.2) is 0 Å². The number of anilines is 1. The summed E-state index contributed by atoms with van der Waals surface area (Å²) in [5.74, 6) is -1.32. The maximum atomic E-state index is 12.7. The number of aryl methyl sites for hydroxylation is 1. The number of hydrogen-bond acceptors (Lipinski definition) is 4. The third-order valence-corrected chi connectivity index (χ3v) is 6.65. The van der Waals surface area contributed by atoms with Crippen molar-refractivity contribution < 1.29 is 24.2 Å². The molecule has 7 nitrogen and oxygen atoms in total. The van der Waals surface area contributed by atoms with E-state index in [1.54, 1.807) is 12.1 Å². The first kappa shape index (κ1) is 24.5. The number of fused-ring (bicyclic) bond motifs is 3. The molecule has 180 valence electrons. The van der Waals surface area contributed by atoms with Crippen LogP contribution in [0.15, 0.2) is 65.1 Å². The van der Waals surface area contributed by atoms with E-state index in [0.717, 1.165) is 27.8 Å². The summed E-state index contributed by atoms with van der Waals surface area (Å²) in [4.78, 5) is 35.9. The molecule has 3 N–H and O–H groups in total. The van der Waals surface area contributed by atoms with Gasteiger partial charge in [-0.3, -0.25) is 14.9 Å². The van der Waals surface area contributed by atoms with Crippen molar-refractivity contribution in [1.29, 1.82) is 0 Å². The van der Waals surface area contributed by atoms with Crippen LogP contribution in [0.5, 0.6) is 0 Å². The van der Waals surface area contributed by atoms with Crippen LogP contribution in [0.4, 0.5) is 10.5 Å². The lowest BCUT2D eigenvalue weighted by atomic mass is 9.98. The molecule has 0 fully saturated rings. The molecule has 0 heterocycles. The van der Waals surface area contributed by atoms with Crippen molar-refractivity contribution in [3.05, 3.63) is 87.4 Å². The van der Waals surface area contributed by atoms with Crippen LogP contribution in [0.25, 0.3) is 11.1 Å². The number of benzene rings is 3. The molecular formula is C27H25BrN2O5. The van der Waals surface area contributed by atoms with Crippen LogP contribution in [0.1, 0.15) is 45.8 Å². The van der Waals surface area contributed by atoms with Gasteiger partial charge in [-0.25, -0.2) is 4.79 Å². The highest BCUT2D eigenvalue weighted by Gasteiger charge is 2.29. The Morgan fingerprint density at radius 3 is 2.26 bits per heavy atom. The number of carboxylic acid groups (broad SMARTS) is 1. The van der Waals surface area contributed by atoms with Crippen LogP contribution in [0.2, 0.25) is 0 Å². The third-order valence-electron chi connectivity index (χ3n) is 5.99. The van der Waals surface area contributed by atoms with E-state index in [2.05, 4.69) is 50.8 Å². The Hall–Kier alpha value is -3.65. The molecule has 3 aromatic rings. The van der Waals surface area contributed by atoms with Crippen LogP contribution in [0.3, 0.4) is 0 Å². The molecular weight excluding hydrogens is 512 g/mol. The second-order valence-electron chi connectivity index (χ2n) is 8.35. The van der Waals surface area contributed by atoms with Gasteiger partial charge in [-0.05, 0) is 69.2 Å². The first-order chi connectivity index (χ1) is 16.8. The van der Waals surface area contributed by atoms with E-state index in [4.69, 9.17) is 9.84 Å². The lowest BCUT2D eigenvalue weighted by molar-refractivity contribution is -0.137. The Morgan fingerprint density at radius 2 is 1.63 bits per heavy atom. The van der Waals surface area contributed by atoms with Crippen LogP contribution in [-0.4, -0.2) is 36.2 Å². The monoisotopic (exact) mass is 536 g/mol. The van der Waals surface area contributed by atoms with Crippen molar-refractivity contribution in [2.75, 3.05) is 18.5 Å². The molecule has 4 rings (SSSR count). The van der Waals surface area contributed by atoms with E-state index in [-0.39, 0.29) is 31.4 Å². The van der Waals surface area contributed by atoms with Crippen molar-refractivity contribution in [2.45, 2.75) is 25.7 Å². The molecule has 8 heteroatoms. The molecule has 0 aliphatic heterocycles. The smallest absolute Gasteiger partial charge is 0.411 e. The Morgan fingerprint density at radius 1 is 1.00 bits per heavy atom. The van der Waals surface area contributed by atoms with Crippen LogP contribution < -0.4 is 10.6 Å². The molecule has 0 saturated heterocycles. The van der Waals surface area contributed by atoms with Crippen LogP contribution >= 0.6 is 15.9 Å². The molecule has 35 heavy (non-hydrogen) atoms. The highest BCUT2D eigenvalue weighted by Crippen LogP contribution is 2.44. The Balaban J connectivity index is 1.42. The van der Waals surface area contributed by atoms with E-state index in [1.165, 1.54) is 0 Å². The molecule has 0 unspecified atom stereocenters. The maximum Gasteiger partial charge on any atom is 0.411 e. The normalized spacial score (nSPS) is 11.9. The Labute approximate surface area is 211 Å². The topological polar surface area (TPSA) is 105 Å². The molecule has 0 radical (unpaired) electrons. The second kappa shape index (κ2) is 10.7. The summed E-state index contributed by atoms with van der Waals surface area (Å²) in [5, 5.41) is 14.2. The highest BCUT2D eigenvalue weighted by molar-refractivity contribution is 9.10. The van der Waals surface area contributed by atoms with Gasteiger partial charge in [-0.1, -0.05) is 48.5 Å². The molecule has 0 atom stereocenters. The number of rotatable bonds is 8. The van der Waals surface area contributed by atoms with Gasteiger partial charge in [-0.2, -0.15) is 0 Å². The lowest BCUT2D eigenvalue weighted by Gasteiger charge is -2.16. The van der Waals surface area contributed by atoms with Gasteiger partial charge in [0, 0.05) is 29.0 Å². The Bertz CT molecular complexity index is 1240. The average molecular weight is 537 g/mol. The molecule has 0 bridgehead atoms. The van der Waals surface area contributed by atoms with E-state index in [0.29, 0.717) is 22.1 Å². The number of ether oxygens (including phenoxy) is 1. The molecule has 0 aromatic heterocycles. The largest absolute Gasteiger partial charge is 0.481 e. The molecule has 1 aliphatic rings. The highest BCUT2D eigenvalue weighted by atomic mass is 79.9. The average Bonchev–Trinajstić information content (AvgIpc) is 3.15. The fourth-order valence-electron chi connectivity index (χ4n) is 4.26. The Kier molecular flexibility index (Phi) is 7.51. The van der Waals surface area contributed by atoms with Gasteiger partial charge >= 0.3 is 12.1 Å². The van der Waals surface area contributed by atoms with Gasteiger partial charge in [-0.15, -0.1) is 0 Å². The zero-order valence-electron chi connectivity index (χ0n) is 19.1. The standard InChI is InChI=1S/C27H25BrN2O5/c1-16-13-23(28)21(26(33)29-12-6-11-25(31)32)14-24(16)30-27(34)35-15-22-19-9-4-2-7-17(19)18-8-3-5-10-20(18)22/h2-5,7-10,13-14,22H,6,11-12,15H2,1H3,(H,29,33)(H,30,34)(H,31,32). The van der Waals surface area contributed by atoms with Crippen LogP contribution in [0, 0.1) is 6.92 Å². The fourth-order valence-corrected chi connectivity index (χ4v) is 4.90. The summed E-state index contributed by atoms with van der Waals surface area (Å²) in [5.41, 5.74) is 6.11. The van der Waals surface area contributed by atoms with Gasteiger partial charge in [0.25, 0.3) is 5.91 Å². The van der Waals surface area contributed by atoms with Crippen molar-refractivity contribution in [2.24, 2.45) is 0 Å². The number of hydrogen-bond donors (Lipinski definition) is 3. The van der Waals surface area contributed by atoms with E-state index in [9.17, 15) is 14.4 Å². The molecule has 0 spiro atoms. The quantitative estimate of drug-likeness (QED) is 0.319. The number of carbonyl (C=O) groups excluding carboxylic acids is 2. The predicted octanol–water partition coefficient (Wildman–Crippen LogP) is 5.71. The van der Waals surface area contributed by atoms with Crippen molar-refractivity contribution >= 4 is 39.6 Å². The number of aliphatic carboxylic acids is 1. The minimum absolute atomic E-state index is 0.0239. The SMILES string of the molecule is Cc1cc(Br)c(C(=O)NCCCC(=O)O)cc1NC(=O)OCC1c2ccccc2-c2ccccc21. The van der Waals surface area contributed by atoms with Crippen molar-refractivity contribution in [3.63, 3.8) is 0 Å². The number of carboxylic acids is 1. The maximum absolute atomic E-state index is 12.7. The first-order valence-electron chi connectivity index (χ1n) is 11.3. The summed E-state index contributed by atoms with van der Waals surface area (Å²) >= 11 is 3.39. The summed E-state index contributed by atoms with van der Waals surface area (Å²) in [6, 6.07) is 19.6. The number of halogens is 1. The van der Waals surface area contributed by atoms with E-state index >= 15 is 0 Å². The summed E-state index contributed by atoms with van der Waals surface area (Å²) in [6.45, 7) is 2.24. The summed E-state index contributed by atoms with van der Waals surface area (Å²) in [6.07, 6.45) is -0.301. The zero-order valence-corrected chi connectivity index (χ0v) is 20.7. The molecule has 3 aromatic carbocycles. The summed E-state index contributed by atoms with van der Waals surface area (Å²) < 4.78 is 6.19. The zero-order chi connectivity index (χ0) is 24.9. The van der Waals surface area contributed by atoms with Gasteiger partial charge in [0.1, 0.15) is 6.61 Å². The number of nitrogens with one attached hydrogen (secondary N) is 2. The van der Waals surface area contributed by atoms with Crippen LogP contribution in [-0.2, 0) is 9.53 Å². The molecule has 2 amide bonds. The second-order valence-corrected chi connectivity index (χ2v) is 9.21. The fraction of sp³-hybridized carbons (Fsp3) is 0.222. The number of amides is 2. The first-order valence-corrected chi connectivity index (χ1v) is 12.1. The molecule has 0 saturated carbocycles. The summed E-state index contributed by atoms with van der Waals surface area (Å²) in [7, 11) is 0. The lowest BCUT2D eigenvalue weighted by Crippen LogP contribution is -2.25. The van der Waals surface area contributed by atoms with E-state index < -0.39 is 12.1 Å². The third kappa shape index (κ3) is 5.54.